The number of benzene rings is 1. The maximum atomic E-state index is 11.7. The first-order valence-corrected chi connectivity index (χ1v) is 6.78. The first kappa shape index (κ1) is 12.7. The van der Waals surface area contributed by atoms with Gasteiger partial charge in [-0.1, -0.05) is 25.1 Å². The number of pyridine rings is 1. The molecule has 94 valence electrons. The number of carbonyl (C=O) groups is 1. The van der Waals surface area contributed by atoms with Crippen molar-refractivity contribution in [1.29, 1.82) is 0 Å². The van der Waals surface area contributed by atoms with E-state index in [0.717, 1.165) is 0 Å². The summed E-state index contributed by atoms with van der Waals surface area (Å²) in [6, 6.07) is 8.06. The van der Waals surface area contributed by atoms with Crippen LogP contribution in [0, 0.1) is 0 Å². The fourth-order valence-electron chi connectivity index (χ4n) is 1.66. The molecule has 0 spiro atoms. The zero-order valence-corrected chi connectivity index (χ0v) is 10.4. The molecular weight excluding hydrogens is 254 g/mol. The second kappa shape index (κ2) is 4.47. The van der Waals surface area contributed by atoms with Crippen LogP contribution in [0.25, 0.3) is 10.9 Å². The van der Waals surface area contributed by atoms with Crippen LogP contribution in [0.2, 0.25) is 0 Å². The second-order valence-corrected chi connectivity index (χ2v) is 5.17. The standard InChI is InChI=1S/C12H11NO4S/c1-2-10(14)12-11(18(15,16)17)7-8-5-3-4-6-9(8)13-12/h3-7H,2H2,1H3,(H,15,16,17). The Labute approximate surface area is 104 Å². The van der Waals surface area contributed by atoms with Gasteiger partial charge in [0, 0.05) is 11.8 Å². The summed E-state index contributed by atoms with van der Waals surface area (Å²) in [5.74, 6) is -0.423. The Morgan fingerprint density at radius 2 is 2.00 bits per heavy atom. The number of rotatable bonds is 3. The highest BCUT2D eigenvalue weighted by Gasteiger charge is 2.21. The number of carbonyl (C=O) groups excluding carboxylic acids is 1. The molecule has 1 aromatic carbocycles. The van der Waals surface area contributed by atoms with E-state index in [9.17, 15) is 13.2 Å². The first-order chi connectivity index (χ1) is 8.43. The van der Waals surface area contributed by atoms with E-state index >= 15 is 0 Å². The van der Waals surface area contributed by atoms with Crippen molar-refractivity contribution in [3.8, 4) is 0 Å². The van der Waals surface area contributed by atoms with Gasteiger partial charge in [0.2, 0.25) is 0 Å². The summed E-state index contributed by atoms with van der Waals surface area (Å²) in [7, 11) is -4.46. The van der Waals surface area contributed by atoms with Gasteiger partial charge in [0.25, 0.3) is 10.1 Å². The second-order valence-electron chi connectivity index (χ2n) is 3.78. The van der Waals surface area contributed by atoms with E-state index in [-0.39, 0.29) is 12.1 Å². The Bertz CT molecular complexity index is 722. The quantitative estimate of drug-likeness (QED) is 0.678. The molecule has 0 aliphatic heterocycles. The lowest BCUT2D eigenvalue weighted by atomic mass is 10.1. The molecule has 18 heavy (non-hydrogen) atoms. The number of hydrogen-bond donors (Lipinski definition) is 1. The fraction of sp³-hybridized carbons (Fsp3) is 0.167. The van der Waals surface area contributed by atoms with Gasteiger partial charge in [0.1, 0.15) is 10.6 Å². The van der Waals surface area contributed by atoms with Crippen LogP contribution < -0.4 is 0 Å². The molecule has 0 aliphatic rings. The Balaban J connectivity index is 2.84. The van der Waals surface area contributed by atoms with Gasteiger partial charge in [-0.2, -0.15) is 8.42 Å². The SMILES string of the molecule is CCC(=O)c1nc2ccccc2cc1S(=O)(=O)O. The highest BCUT2D eigenvalue weighted by molar-refractivity contribution is 7.86. The monoisotopic (exact) mass is 265 g/mol. The molecule has 1 aromatic heterocycles. The van der Waals surface area contributed by atoms with Crippen molar-refractivity contribution in [2.45, 2.75) is 18.2 Å². The smallest absolute Gasteiger partial charge is 0.292 e. The van der Waals surface area contributed by atoms with Crippen LogP contribution in [0.5, 0.6) is 0 Å². The van der Waals surface area contributed by atoms with Gasteiger partial charge < -0.3 is 0 Å². The van der Waals surface area contributed by atoms with Gasteiger partial charge in [0.15, 0.2) is 5.78 Å². The molecule has 0 fully saturated rings. The van der Waals surface area contributed by atoms with Gasteiger partial charge in [0.05, 0.1) is 5.52 Å². The molecule has 1 N–H and O–H groups in total. The average molecular weight is 265 g/mol. The number of para-hydroxylation sites is 1. The van der Waals surface area contributed by atoms with Crippen molar-refractivity contribution in [2.24, 2.45) is 0 Å². The molecule has 5 nitrogen and oxygen atoms in total. The van der Waals surface area contributed by atoms with Crippen LogP contribution in [0.4, 0.5) is 0 Å². The summed E-state index contributed by atoms with van der Waals surface area (Å²) in [4.78, 5) is 15.3. The zero-order valence-electron chi connectivity index (χ0n) is 9.62. The molecule has 0 saturated heterocycles. The summed E-state index contributed by atoms with van der Waals surface area (Å²) in [5, 5.41) is 0.553. The van der Waals surface area contributed by atoms with Crippen LogP contribution in [0.3, 0.4) is 0 Å². The minimum atomic E-state index is -4.46. The van der Waals surface area contributed by atoms with Crippen molar-refractivity contribution in [3.05, 3.63) is 36.0 Å². The predicted molar refractivity (Wildman–Crippen MR) is 66.2 cm³/mol. The van der Waals surface area contributed by atoms with Crippen LogP contribution in [0.1, 0.15) is 23.8 Å². The molecule has 0 saturated carbocycles. The van der Waals surface area contributed by atoms with Crippen molar-refractivity contribution < 1.29 is 17.8 Å². The van der Waals surface area contributed by atoms with Crippen molar-refractivity contribution in [1.82, 2.24) is 4.98 Å². The van der Waals surface area contributed by atoms with E-state index in [0.29, 0.717) is 10.9 Å². The highest BCUT2D eigenvalue weighted by Crippen LogP contribution is 2.21. The van der Waals surface area contributed by atoms with Gasteiger partial charge in [-0.15, -0.1) is 0 Å². The number of fused-ring (bicyclic) bond motifs is 1. The van der Waals surface area contributed by atoms with Gasteiger partial charge in [-0.3, -0.25) is 9.35 Å². The fourth-order valence-corrected chi connectivity index (χ4v) is 2.34. The number of Topliss-reactive ketones (excluding diaryl/α,β-unsaturated/α-hetero) is 1. The van der Waals surface area contributed by atoms with Gasteiger partial charge >= 0.3 is 0 Å². The van der Waals surface area contributed by atoms with Crippen LogP contribution >= 0.6 is 0 Å². The Hall–Kier alpha value is -1.79. The van der Waals surface area contributed by atoms with E-state index in [1.165, 1.54) is 6.07 Å². The summed E-state index contributed by atoms with van der Waals surface area (Å²) in [6.45, 7) is 1.60. The lowest BCUT2D eigenvalue weighted by Crippen LogP contribution is -2.10. The minimum absolute atomic E-state index is 0.119. The van der Waals surface area contributed by atoms with E-state index < -0.39 is 20.8 Å². The number of aromatic nitrogens is 1. The van der Waals surface area contributed by atoms with E-state index in [1.807, 2.05) is 0 Å². The van der Waals surface area contributed by atoms with Crippen molar-refractivity contribution in [2.75, 3.05) is 0 Å². The molecule has 2 aromatic rings. The van der Waals surface area contributed by atoms with E-state index in [4.69, 9.17) is 4.55 Å². The number of ketones is 1. The summed E-state index contributed by atoms with van der Waals surface area (Å²) in [6.07, 6.45) is 0.119. The highest BCUT2D eigenvalue weighted by atomic mass is 32.2. The normalized spacial score (nSPS) is 11.7. The average Bonchev–Trinajstić information content (AvgIpc) is 2.35. The maximum Gasteiger partial charge on any atom is 0.296 e. The van der Waals surface area contributed by atoms with Crippen molar-refractivity contribution in [3.63, 3.8) is 0 Å². The van der Waals surface area contributed by atoms with Gasteiger partial charge in [-0.25, -0.2) is 4.98 Å². The Morgan fingerprint density at radius 3 is 2.61 bits per heavy atom. The molecule has 1 heterocycles. The molecule has 0 atom stereocenters. The maximum absolute atomic E-state index is 11.7. The van der Waals surface area contributed by atoms with Crippen LogP contribution in [-0.4, -0.2) is 23.7 Å². The Morgan fingerprint density at radius 1 is 1.33 bits per heavy atom. The topological polar surface area (TPSA) is 84.3 Å². The summed E-state index contributed by atoms with van der Waals surface area (Å²) >= 11 is 0. The molecule has 0 unspecified atom stereocenters. The van der Waals surface area contributed by atoms with E-state index in [1.54, 1.807) is 31.2 Å². The number of hydrogen-bond acceptors (Lipinski definition) is 4. The lowest BCUT2D eigenvalue weighted by Gasteiger charge is -2.06. The molecule has 0 bridgehead atoms. The lowest BCUT2D eigenvalue weighted by molar-refractivity contribution is 0.0980. The van der Waals surface area contributed by atoms with Crippen molar-refractivity contribution >= 4 is 26.8 Å². The summed E-state index contributed by atoms with van der Waals surface area (Å²) < 4.78 is 31.7. The Kier molecular flexibility index (Phi) is 3.14. The molecule has 0 aliphatic carbocycles. The predicted octanol–water partition coefficient (Wildman–Crippen LogP) is 2.07. The molecule has 0 radical (unpaired) electrons. The molecular formula is C12H11NO4S. The molecule has 2 rings (SSSR count). The third-order valence-corrected chi connectivity index (χ3v) is 3.42. The number of nitrogens with zero attached hydrogens (tertiary/aromatic N) is 1. The zero-order chi connectivity index (χ0) is 13.3. The first-order valence-electron chi connectivity index (χ1n) is 5.34. The van der Waals surface area contributed by atoms with Crippen LogP contribution in [-0.2, 0) is 10.1 Å². The molecule has 6 heteroatoms. The van der Waals surface area contributed by atoms with Gasteiger partial charge in [-0.05, 0) is 12.1 Å². The van der Waals surface area contributed by atoms with Crippen LogP contribution in [0.15, 0.2) is 35.2 Å². The summed E-state index contributed by atoms with van der Waals surface area (Å²) in [5.41, 5.74) is 0.306. The largest absolute Gasteiger partial charge is 0.296 e. The minimum Gasteiger partial charge on any atom is -0.292 e. The van der Waals surface area contributed by atoms with E-state index in [2.05, 4.69) is 4.98 Å². The molecule has 0 amide bonds. The third-order valence-electron chi connectivity index (χ3n) is 2.55. The third kappa shape index (κ3) is 2.25.